The highest BCUT2D eigenvalue weighted by Crippen LogP contribution is 2.23. The van der Waals surface area contributed by atoms with Gasteiger partial charge in [0.1, 0.15) is 31.8 Å². The van der Waals surface area contributed by atoms with Gasteiger partial charge < -0.3 is 5.21 Å². The predicted molar refractivity (Wildman–Crippen MR) is 63.7 cm³/mol. The SMILES string of the molecule is O=C(CCC(F)([N+](=O)[O-])[N+](=O)[O-])C(CC(F)([N+](=O)[O-])[N+](=O)[O-])=NO. The predicted octanol–water partition coefficient (Wildman–Crippen LogP) is -0.0906. The van der Waals surface area contributed by atoms with Gasteiger partial charge in [0.15, 0.2) is 12.2 Å². The number of oxime groups is 1. The Bertz CT molecular complexity index is 593. The average Bonchev–Trinajstić information content (AvgIpc) is 2.48. The fourth-order valence-corrected chi connectivity index (χ4v) is 1.26. The van der Waals surface area contributed by atoms with Gasteiger partial charge in [0.2, 0.25) is 0 Å². The number of hydrogen-bond acceptors (Lipinski definition) is 11. The smallest absolute Gasteiger partial charge is 0.411 e. The van der Waals surface area contributed by atoms with Crippen molar-refractivity contribution in [2.45, 2.75) is 31.1 Å². The van der Waals surface area contributed by atoms with Gasteiger partial charge in [-0.05, 0) is 0 Å². The second-order valence-corrected chi connectivity index (χ2v) is 4.11. The Morgan fingerprint density at radius 3 is 1.58 bits per heavy atom. The van der Waals surface area contributed by atoms with Crippen molar-refractivity contribution in [1.82, 2.24) is 0 Å². The van der Waals surface area contributed by atoms with Crippen LogP contribution in [0.1, 0.15) is 19.3 Å². The molecule has 0 bridgehead atoms. The Morgan fingerprint density at radius 2 is 1.29 bits per heavy atom. The van der Waals surface area contributed by atoms with Gasteiger partial charge in [-0.25, -0.2) is 0 Å². The van der Waals surface area contributed by atoms with E-state index in [0.29, 0.717) is 0 Å². The Morgan fingerprint density at radius 1 is 0.917 bits per heavy atom. The monoisotopic (exact) mass is 359 g/mol. The molecule has 0 aliphatic rings. The van der Waals surface area contributed by atoms with Crippen molar-refractivity contribution in [3.05, 3.63) is 40.5 Å². The highest BCUT2D eigenvalue weighted by Gasteiger charge is 2.61. The number of rotatable bonds is 10. The van der Waals surface area contributed by atoms with Crippen LogP contribution >= 0.6 is 0 Å². The number of nitrogens with zero attached hydrogens (tertiary/aromatic N) is 5. The van der Waals surface area contributed by atoms with Crippen LogP contribution in [0.5, 0.6) is 0 Å². The molecule has 0 heterocycles. The quantitative estimate of drug-likeness (QED) is 0.136. The lowest BCUT2D eigenvalue weighted by molar-refractivity contribution is -0.832. The number of ketones is 1. The molecule has 17 heteroatoms. The van der Waals surface area contributed by atoms with Crippen LogP contribution in [0, 0.1) is 40.5 Å². The minimum Gasteiger partial charge on any atom is -0.411 e. The van der Waals surface area contributed by atoms with E-state index in [9.17, 15) is 54.0 Å². The third kappa shape index (κ3) is 4.08. The van der Waals surface area contributed by atoms with E-state index in [1.54, 1.807) is 0 Å². The molecule has 0 rings (SSSR count). The number of Topliss-reactive ketones (excluding diaryl/α,β-unsaturated/α-hetero) is 1. The standard InChI is InChI=1S/C7H7F2N5O10/c8-6(11(17)18,12(19)20)2-1-5(15)4(10-16)3-7(9,13(21)22)14(23)24/h16H,1-3H2. The van der Waals surface area contributed by atoms with Crippen molar-refractivity contribution in [2.75, 3.05) is 0 Å². The van der Waals surface area contributed by atoms with Gasteiger partial charge in [-0.15, -0.1) is 0 Å². The summed E-state index contributed by atoms with van der Waals surface area (Å²) in [6.07, 6.45) is -5.09. The summed E-state index contributed by atoms with van der Waals surface area (Å²) in [6.45, 7) is 0. The van der Waals surface area contributed by atoms with Gasteiger partial charge in [-0.3, -0.25) is 45.3 Å². The second kappa shape index (κ2) is 7.24. The minimum atomic E-state index is -4.46. The molecule has 1 N–H and O–H groups in total. The minimum absolute atomic E-state index is 1.41. The molecule has 0 aromatic rings. The van der Waals surface area contributed by atoms with E-state index < -0.39 is 62.3 Å². The molecule has 0 radical (unpaired) electrons. The lowest BCUT2D eigenvalue weighted by Crippen LogP contribution is -2.45. The summed E-state index contributed by atoms with van der Waals surface area (Å²) < 4.78 is 26.9. The Hall–Kier alpha value is -3.40. The van der Waals surface area contributed by atoms with Crippen LogP contribution < -0.4 is 0 Å². The summed E-state index contributed by atoms with van der Waals surface area (Å²) in [7, 11) is 0. The zero-order valence-electron chi connectivity index (χ0n) is 11.2. The van der Waals surface area contributed by atoms with Crippen LogP contribution in [0.25, 0.3) is 0 Å². The maximum absolute atomic E-state index is 13.5. The van der Waals surface area contributed by atoms with Crippen molar-refractivity contribution in [1.29, 1.82) is 0 Å². The van der Waals surface area contributed by atoms with Crippen LogP contribution in [0.3, 0.4) is 0 Å². The zero-order valence-corrected chi connectivity index (χ0v) is 11.2. The third-order valence-electron chi connectivity index (χ3n) is 2.62. The van der Waals surface area contributed by atoms with E-state index in [0.717, 1.165) is 0 Å². The molecule has 0 spiro atoms. The molecule has 0 aliphatic heterocycles. The van der Waals surface area contributed by atoms with Crippen LogP contribution in [-0.2, 0) is 4.79 Å². The number of halogens is 2. The number of nitro groups is 4. The summed E-state index contributed by atoms with van der Waals surface area (Å²) in [5.41, 5.74) is -1.53. The average molecular weight is 359 g/mol. The number of hydrogen-bond donors (Lipinski definition) is 1. The first-order chi connectivity index (χ1) is 10.8. The molecule has 0 aliphatic carbocycles. The highest BCUT2D eigenvalue weighted by molar-refractivity contribution is 6.39. The lowest BCUT2D eigenvalue weighted by Gasteiger charge is -2.10. The molecule has 0 atom stereocenters. The molecular formula is C7H7F2N5O10. The van der Waals surface area contributed by atoms with Crippen molar-refractivity contribution < 1.29 is 38.5 Å². The third-order valence-corrected chi connectivity index (χ3v) is 2.62. The molecular weight excluding hydrogens is 352 g/mol. The summed E-state index contributed by atoms with van der Waals surface area (Å²) >= 11 is 0. The number of alkyl halides is 2. The fraction of sp³-hybridized carbons (Fsp3) is 0.714. The lowest BCUT2D eigenvalue weighted by atomic mass is 10.0. The van der Waals surface area contributed by atoms with Gasteiger partial charge >= 0.3 is 11.8 Å². The van der Waals surface area contributed by atoms with Crippen LogP contribution in [0.4, 0.5) is 8.78 Å². The molecule has 0 saturated heterocycles. The van der Waals surface area contributed by atoms with Crippen molar-refractivity contribution in [2.24, 2.45) is 5.16 Å². The van der Waals surface area contributed by atoms with Gasteiger partial charge in [0.05, 0.1) is 0 Å². The van der Waals surface area contributed by atoms with Gasteiger partial charge in [-0.1, -0.05) is 13.9 Å². The Kier molecular flexibility index (Phi) is 6.22. The molecule has 15 nitrogen and oxygen atoms in total. The maximum atomic E-state index is 13.5. The van der Waals surface area contributed by atoms with Gasteiger partial charge in [0.25, 0.3) is 0 Å². The van der Waals surface area contributed by atoms with E-state index in [4.69, 9.17) is 5.21 Å². The fourth-order valence-electron chi connectivity index (χ4n) is 1.26. The van der Waals surface area contributed by atoms with Crippen LogP contribution in [0.2, 0.25) is 0 Å². The van der Waals surface area contributed by atoms with E-state index >= 15 is 0 Å². The molecule has 0 unspecified atom stereocenters. The maximum Gasteiger partial charge on any atom is 0.619 e. The van der Waals surface area contributed by atoms with Crippen molar-refractivity contribution in [3.8, 4) is 0 Å². The Labute approximate surface area is 128 Å². The second-order valence-electron chi connectivity index (χ2n) is 4.11. The van der Waals surface area contributed by atoms with Crippen molar-refractivity contribution >= 4 is 11.5 Å². The molecule has 0 saturated carbocycles. The van der Waals surface area contributed by atoms with E-state index in [2.05, 4.69) is 5.16 Å². The first-order valence-electron chi connectivity index (χ1n) is 5.52. The zero-order chi connectivity index (χ0) is 19.3. The van der Waals surface area contributed by atoms with Gasteiger partial charge in [-0.2, -0.15) is 0 Å². The van der Waals surface area contributed by atoms with Crippen molar-refractivity contribution in [3.63, 3.8) is 0 Å². The van der Waals surface area contributed by atoms with Crippen LogP contribution in [0.15, 0.2) is 5.16 Å². The van der Waals surface area contributed by atoms with E-state index in [-0.39, 0.29) is 0 Å². The number of carbonyl (C=O) groups excluding carboxylic acids is 1. The summed E-state index contributed by atoms with van der Waals surface area (Å²) in [6, 6.07) is 0. The molecule has 0 aromatic heterocycles. The topological polar surface area (TPSA) is 222 Å². The van der Waals surface area contributed by atoms with E-state index in [1.807, 2.05) is 0 Å². The molecule has 134 valence electrons. The summed E-state index contributed by atoms with van der Waals surface area (Å²) in [5, 5.41) is 51.8. The largest absolute Gasteiger partial charge is 0.619 e. The summed E-state index contributed by atoms with van der Waals surface area (Å²) in [5.74, 6) is -10.5. The summed E-state index contributed by atoms with van der Waals surface area (Å²) in [4.78, 5) is 44.7. The molecule has 0 amide bonds. The molecule has 24 heavy (non-hydrogen) atoms. The molecule has 0 fully saturated rings. The van der Waals surface area contributed by atoms with E-state index in [1.165, 1.54) is 0 Å². The first-order valence-corrected chi connectivity index (χ1v) is 5.52. The van der Waals surface area contributed by atoms with Crippen LogP contribution in [-0.4, -0.2) is 48.2 Å². The normalized spacial score (nSPS) is 12.5. The van der Waals surface area contributed by atoms with Gasteiger partial charge in [0, 0.05) is 6.42 Å². The molecule has 0 aromatic carbocycles. The highest BCUT2D eigenvalue weighted by atomic mass is 19.2. The Balaban J connectivity index is 5.28. The first kappa shape index (κ1) is 20.6. The number of carbonyl (C=O) groups is 1.